The Morgan fingerprint density at radius 3 is 2.58 bits per heavy atom. The lowest BCUT2D eigenvalue weighted by atomic mass is 9.97. The van der Waals surface area contributed by atoms with E-state index in [1.807, 2.05) is 18.2 Å². The Morgan fingerprint density at radius 2 is 1.75 bits per heavy atom. The van der Waals surface area contributed by atoms with Crippen LogP contribution < -0.4 is 14.8 Å². The summed E-state index contributed by atoms with van der Waals surface area (Å²) in [6.45, 7) is 2.88. The van der Waals surface area contributed by atoms with Crippen molar-refractivity contribution in [2.45, 2.75) is 19.0 Å². The van der Waals surface area contributed by atoms with Crippen molar-refractivity contribution < 1.29 is 9.47 Å². The van der Waals surface area contributed by atoms with Gasteiger partial charge in [-0.2, -0.15) is 0 Å². The number of ether oxygens (including phenoxy) is 2. The Bertz CT molecular complexity index is 875. The van der Waals surface area contributed by atoms with E-state index in [0.717, 1.165) is 16.9 Å². The summed E-state index contributed by atoms with van der Waals surface area (Å²) in [7, 11) is 1.72. The van der Waals surface area contributed by atoms with E-state index >= 15 is 0 Å². The van der Waals surface area contributed by atoms with Crippen LogP contribution in [0.1, 0.15) is 30.1 Å². The molecule has 0 aliphatic carbocycles. The molecule has 2 atom stereocenters. The fourth-order valence-electron chi connectivity index (χ4n) is 3.54. The van der Waals surface area contributed by atoms with Gasteiger partial charge in [-0.15, -0.1) is 0 Å². The van der Waals surface area contributed by atoms with Crippen LogP contribution in [0.2, 0.25) is 0 Å². The second kappa shape index (κ2) is 6.17. The van der Waals surface area contributed by atoms with Crippen molar-refractivity contribution in [3.8, 4) is 11.5 Å². The van der Waals surface area contributed by atoms with Gasteiger partial charge in [0.05, 0.1) is 13.2 Å². The van der Waals surface area contributed by atoms with E-state index in [0.29, 0.717) is 6.61 Å². The van der Waals surface area contributed by atoms with Crippen LogP contribution in [0.5, 0.6) is 11.5 Å². The van der Waals surface area contributed by atoms with Crippen molar-refractivity contribution in [1.29, 1.82) is 0 Å². The highest BCUT2D eigenvalue weighted by Gasteiger charge is 2.25. The Morgan fingerprint density at radius 1 is 1.00 bits per heavy atom. The molecule has 3 heteroatoms. The van der Waals surface area contributed by atoms with Crippen molar-refractivity contribution in [2.24, 2.45) is 0 Å². The molecule has 24 heavy (non-hydrogen) atoms. The Labute approximate surface area is 142 Å². The SMILES string of the molecule is COc1ccc([C@H](C)N[C@H]2COc3ccccc32)c2ccccc12. The molecule has 0 unspecified atom stereocenters. The average Bonchev–Trinajstić information content (AvgIpc) is 3.03. The predicted octanol–water partition coefficient (Wildman–Crippen LogP) is 4.63. The summed E-state index contributed by atoms with van der Waals surface area (Å²) in [5, 5.41) is 6.09. The molecular formula is C21H21NO2. The van der Waals surface area contributed by atoms with Crippen LogP contribution in [0.15, 0.2) is 60.7 Å². The van der Waals surface area contributed by atoms with E-state index in [9.17, 15) is 0 Å². The van der Waals surface area contributed by atoms with Gasteiger partial charge in [-0.25, -0.2) is 0 Å². The van der Waals surface area contributed by atoms with Crippen molar-refractivity contribution in [1.82, 2.24) is 5.32 Å². The van der Waals surface area contributed by atoms with Gasteiger partial charge in [0, 0.05) is 17.0 Å². The predicted molar refractivity (Wildman–Crippen MR) is 96.7 cm³/mol. The molecule has 1 heterocycles. The molecule has 3 nitrogen and oxygen atoms in total. The van der Waals surface area contributed by atoms with Crippen LogP contribution >= 0.6 is 0 Å². The number of hydrogen-bond acceptors (Lipinski definition) is 3. The minimum atomic E-state index is 0.209. The van der Waals surface area contributed by atoms with Crippen LogP contribution in [0.4, 0.5) is 0 Å². The third-order valence-corrected chi connectivity index (χ3v) is 4.76. The van der Waals surface area contributed by atoms with Crippen molar-refractivity contribution in [2.75, 3.05) is 13.7 Å². The summed E-state index contributed by atoms with van der Waals surface area (Å²) in [5.41, 5.74) is 2.51. The molecule has 1 aliphatic rings. The minimum Gasteiger partial charge on any atom is -0.496 e. The lowest BCUT2D eigenvalue weighted by molar-refractivity contribution is 0.301. The fraction of sp³-hybridized carbons (Fsp3) is 0.238. The average molecular weight is 319 g/mol. The molecule has 0 spiro atoms. The molecule has 1 N–H and O–H groups in total. The lowest BCUT2D eigenvalue weighted by Crippen LogP contribution is -2.25. The molecule has 0 saturated heterocycles. The molecule has 0 fully saturated rings. The maximum Gasteiger partial charge on any atom is 0.126 e. The van der Waals surface area contributed by atoms with Crippen molar-refractivity contribution >= 4 is 10.8 Å². The second-order valence-corrected chi connectivity index (χ2v) is 6.19. The number of fused-ring (bicyclic) bond motifs is 2. The maximum atomic E-state index is 5.79. The van der Waals surface area contributed by atoms with E-state index in [4.69, 9.17) is 9.47 Å². The first-order valence-corrected chi connectivity index (χ1v) is 8.31. The summed E-state index contributed by atoms with van der Waals surface area (Å²) in [4.78, 5) is 0. The molecule has 0 aromatic heterocycles. The zero-order valence-electron chi connectivity index (χ0n) is 14.0. The highest BCUT2D eigenvalue weighted by molar-refractivity contribution is 5.91. The summed E-state index contributed by atoms with van der Waals surface area (Å²) < 4.78 is 11.3. The zero-order valence-corrected chi connectivity index (χ0v) is 14.0. The molecule has 0 bridgehead atoms. The third kappa shape index (κ3) is 2.51. The number of nitrogens with one attached hydrogen (secondary N) is 1. The summed E-state index contributed by atoms with van der Waals surface area (Å²) in [5.74, 6) is 1.90. The number of para-hydroxylation sites is 1. The Kier molecular flexibility index (Phi) is 3.87. The fourth-order valence-corrected chi connectivity index (χ4v) is 3.54. The summed E-state index contributed by atoms with van der Waals surface area (Å²) >= 11 is 0. The first kappa shape index (κ1) is 15.0. The van der Waals surface area contributed by atoms with Gasteiger partial charge >= 0.3 is 0 Å². The minimum absolute atomic E-state index is 0.209. The van der Waals surface area contributed by atoms with Gasteiger partial charge in [0.2, 0.25) is 0 Å². The molecule has 0 saturated carbocycles. The van der Waals surface area contributed by atoms with Gasteiger partial charge in [0.15, 0.2) is 0 Å². The van der Waals surface area contributed by atoms with Crippen LogP contribution in [0, 0.1) is 0 Å². The summed E-state index contributed by atoms with van der Waals surface area (Å²) in [6.07, 6.45) is 0. The van der Waals surface area contributed by atoms with Crippen molar-refractivity contribution in [3.63, 3.8) is 0 Å². The lowest BCUT2D eigenvalue weighted by Gasteiger charge is -2.21. The van der Waals surface area contributed by atoms with Gasteiger partial charge in [-0.3, -0.25) is 0 Å². The highest BCUT2D eigenvalue weighted by atomic mass is 16.5. The van der Waals surface area contributed by atoms with E-state index in [-0.39, 0.29) is 12.1 Å². The topological polar surface area (TPSA) is 30.5 Å². The molecule has 0 radical (unpaired) electrons. The van der Waals surface area contributed by atoms with E-state index < -0.39 is 0 Å². The van der Waals surface area contributed by atoms with Gasteiger partial charge < -0.3 is 14.8 Å². The molecule has 1 aliphatic heterocycles. The van der Waals surface area contributed by atoms with Gasteiger partial charge in [-0.05, 0) is 30.0 Å². The maximum absolute atomic E-state index is 5.79. The van der Waals surface area contributed by atoms with E-state index in [2.05, 4.69) is 54.7 Å². The molecule has 3 aromatic rings. The van der Waals surface area contributed by atoms with E-state index in [1.54, 1.807) is 7.11 Å². The number of methoxy groups -OCH3 is 1. The van der Waals surface area contributed by atoms with Gasteiger partial charge in [-0.1, -0.05) is 48.5 Å². The van der Waals surface area contributed by atoms with Crippen LogP contribution in [0.3, 0.4) is 0 Å². The molecule has 0 amide bonds. The number of benzene rings is 3. The first-order chi connectivity index (χ1) is 11.8. The largest absolute Gasteiger partial charge is 0.496 e. The zero-order chi connectivity index (χ0) is 16.5. The molecule has 4 rings (SSSR count). The van der Waals surface area contributed by atoms with Crippen LogP contribution in [-0.4, -0.2) is 13.7 Å². The van der Waals surface area contributed by atoms with Crippen LogP contribution in [-0.2, 0) is 0 Å². The normalized spacial score (nSPS) is 17.3. The molecular weight excluding hydrogens is 298 g/mol. The first-order valence-electron chi connectivity index (χ1n) is 8.31. The monoisotopic (exact) mass is 319 g/mol. The number of hydrogen-bond donors (Lipinski definition) is 1. The Hall–Kier alpha value is -2.52. The highest BCUT2D eigenvalue weighted by Crippen LogP contribution is 2.36. The van der Waals surface area contributed by atoms with Gasteiger partial charge in [0.25, 0.3) is 0 Å². The number of rotatable bonds is 4. The third-order valence-electron chi connectivity index (χ3n) is 4.76. The van der Waals surface area contributed by atoms with Crippen LogP contribution in [0.25, 0.3) is 10.8 Å². The van der Waals surface area contributed by atoms with Gasteiger partial charge in [0.1, 0.15) is 18.1 Å². The quantitative estimate of drug-likeness (QED) is 0.760. The Balaban J connectivity index is 1.66. The van der Waals surface area contributed by atoms with E-state index in [1.165, 1.54) is 16.5 Å². The molecule has 122 valence electrons. The molecule has 3 aromatic carbocycles. The smallest absolute Gasteiger partial charge is 0.126 e. The standard InChI is InChI=1S/C21H21NO2/c1-14(22-19-13-24-21-10-6-5-9-18(19)21)15-11-12-20(23-2)17-8-4-3-7-16(15)17/h3-12,14,19,22H,13H2,1-2H3/t14-,19-/m0/s1. The van der Waals surface area contributed by atoms with Crippen molar-refractivity contribution in [3.05, 3.63) is 71.8 Å². The summed E-state index contributed by atoms with van der Waals surface area (Å²) in [6, 6.07) is 21.3. The second-order valence-electron chi connectivity index (χ2n) is 6.19.